The van der Waals surface area contributed by atoms with Crippen LogP contribution in [0.3, 0.4) is 0 Å². The zero-order valence-corrected chi connectivity index (χ0v) is 12.7. The average molecular weight is 333 g/mol. The van der Waals surface area contributed by atoms with E-state index in [2.05, 4.69) is 32.8 Å². The Hall–Kier alpha value is -0.580. The van der Waals surface area contributed by atoms with Crippen molar-refractivity contribution < 1.29 is 8.78 Å². The van der Waals surface area contributed by atoms with Crippen LogP contribution in [-0.2, 0) is 11.8 Å². The summed E-state index contributed by atoms with van der Waals surface area (Å²) in [5, 5.41) is 0.712. The van der Waals surface area contributed by atoms with Crippen molar-refractivity contribution in [3.8, 4) is 0 Å². The van der Waals surface area contributed by atoms with E-state index >= 15 is 0 Å². The molecule has 0 aromatic carbocycles. The minimum absolute atomic E-state index is 0.00476. The summed E-state index contributed by atoms with van der Waals surface area (Å²) in [6.07, 6.45) is 4.89. The number of rotatable bonds is 4. The molecule has 1 unspecified atom stereocenters. The van der Waals surface area contributed by atoms with Crippen LogP contribution in [-0.4, -0.2) is 15.9 Å². The van der Waals surface area contributed by atoms with Crippen LogP contribution in [0.5, 0.6) is 0 Å². The molecule has 1 heterocycles. The van der Waals surface area contributed by atoms with Crippen LogP contribution in [0.4, 0.5) is 8.78 Å². The van der Waals surface area contributed by atoms with Crippen molar-refractivity contribution >= 4 is 15.9 Å². The van der Waals surface area contributed by atoms with Crippen molar-refractivity contribution in [3.05, 3.63) is 23.3 Å². The molecule has 1 aromatic heterocycles. The van der Waals surface area contributed by atoms with Crippen molar-refractivity contribution in [1.29, 1.82) is 0 Å². The van der Waals surface area contributed by atoms with Crippen molar-refractivity contribution in [1.82, 2.24) is 9.97 Å². The summed E-state index contributed by atoms with van der Waals surface area (Å²) in [4.78, 5) is 8.86. The minimum atomic E-state index is -2.55. The molecule has 1 aromatic rings. The standard InChI is InChI=1S/C14H19BrF2N2/c1-2-4-12-11(8-15)9-18-13(19-12)10-5-3-6-14(16,17)7-10/h9-10H,2-8H2,1H3. The fourth-order valence-corrected chi connectivity index (χ4v) is 3.08. The zero-order chi connectivity index (χ0) is 13.9. The summed E-state index contributed by atoms with van der Waals surface area (Å²) in [6.45, 7) is 2.09. The Labute approximate surface area is 121 Å². The van der Waals surface area contributed by atoms with Crippen LogP contribution in [0.2, 0.25) is 0 Å². The first-order valence-electron chi connectivity index (χ1n) is 6.84. The normalized spacial score (nSPS) is 22.4. The lowest BCUT2D eigenvalue weighted by Crippen LogP contribution is -2.26. The summed E-state index contributed by atoms with van der Waals surface area (Å²) in [6, 6.07) is 0. The third-order valence-corrected chi connectivity index (χ3v) is 4.21. The molecule has 2 rings (SSSR count). The molecule has 0 aliphatic heterocycles. The Morgan fingerprint density at radius 1 is 1.47 bits per heavy atom. The van der Waals surface area contributed by atoms with E-state index in [1.54, 1.807) is 6.20 Å². The predicted octanol–water partition coefficient (Wildman–Crippen LogP) is 4.62. The molecule has 19 heavy (non-hydrogen) atoms. The molecule has 106 valence electrons. The summed E-state index contributed by atoms with van der Waals surface area (Å²) >= 11 is 3.42. The highest BCUT2D eigenvalue weighted by atomic mass is 79.9. The van der Waals surface area contributed by atoms with E-state index in [-0.39, 0.29) is 18.8 Å². The van der Waals surface area contributed by atoms with Crippen LogP contribution >= 0.6 is 15.9 Å². The van der Waals surface area contributed by atoms with Gasteiger partial charge in [-0.3, -0.25) is 0 Å². The molecule has 0 N–H and O–H groups in total. The number of aromatic nitrogens is 2. The van der Waals surface area contributed by atoms with Crippen molar-refractivity contribution in [3.63, 3.8) is 0 Å². The van der Waals surface area contributed by atoms with Gasteiger partial charge in [0.15, 0.2) is 0 Å². The van der Waals surface area contributed by atoms with Gasteiger partial charge >= 0.3 is 0 Å². The number of nitrogens with zero attached hydrogens (tertiary/aromatic N) is 2. The second kappa shape index (κ2) is 6.25. The maximum absolute atomic E-state index is 13.5. The van der Waals surface area contributed by atoms with Crippen LogP contribution < -0.4 is 0 Å². The Morgan fingerprint density at radius 3 is 2.89 bits per heavy atom. The van der Waals surface area contributed by atoms with Crippen LogP contribution in [0, 0.1) is 0 Å². The molecule has 1 fully saturated rings. The topological polar surface area (TPSA) is 25.8 Å². The Bertz CT molecular complexity index is 437. The van der Waals surface area contributed by atoms with Gasteiger partial charge in [0, 0.05) is 41.5 Å². The first-order valence-corrected chi connectivity index (χ1v) is 7.96. The van der Waals surface area contributed by atoms with Gasteiger partial charge in [-0.1, -0.05) is 29.3 Å². The summed E-state index contributed by atoms with van der Waals surface area (Å²) in [5.41, 5.74) is 2.06. The monoisotopic (exact) mass is 332 g/mol. The molecule has 0 amide bonds. The molecule has 2 nitrogen and oxygen atoms in total. The molecule has 1 atom stereocenters. The fraction of sp³-hybridized carbons (Fsp3) is 0.714. The van der Waals surface area contributed by atoms with E-state index in [9.17, 15) is 8.78 Å². The number of hydrogen-bond acceptors (Lipinski definition) is 2. The quantitative estimate of drug-likeness (QED) is 0.752. The van der Waals surface area contributed by atoms with Crippen molar-refractivity contribution in [2.75, 3.05) is 0 Å². The van der Waals surface area contributed by atoms with Gasteiger partial charge in [0.2, 0.25) is 5.92 Å². The van der Waals surface area contributed by atoms with Gasteiger partial charge in [-0.2, -0.15) is 0 Å². The van der Waals surface area contributed by atoms with Crippen molar-refractivity contribution in [2.24, 2.45) is 0 Å². The van der Waals surface area contributed by atoms with E-state index in [0.29, 0.717) is 17.6 Å². The van der Waals surface area contributed by atoms with Gasteiger partial charge < -0.3 is 0 Å². The highest BCUT2D eigenvalue weighted by molar-refractivity contribution is 9.08. The summed E-state index contributed by atoms with van der Waals surface area (Å²) in [5.74, 6) is -2.14. The highest BCUT2D eigenvalue weighted by Crippen LogP contribution is 2.40. The van der Waals surface area contributed by atoms with Crippen LogP contribution in [0.25, 0.3) is 0 Å². The van der Waals surface area contributed by atoms with E-state index in [0.717, 1.165) is 30.5 Å². The molecular weight excluding hydrogens is 314 g/mol. The minimum Gasteiger partial charge on any atom is -0.241 e. The maximum Gasteiger partial charge on any atom is 0.248 e. The number of aryl methyl sites for hydroxylation is 1. The molecular formula is C14H19BrF2N2. The Balaban J connectivity index is 2.22. The second-order valence-electron chi connectivity index (χ2n) is 5.23. The fourth-order valence-electron chi connectivity index (χ4n) is 2.61. The van der Waals surface area contributed by atoms with E-state index in [4.69, 9.17) is 0 Å². The Morgan fingerprint density at radius 2 is 2.26 bits per heavy atom. The zero-order valence-electron chi connectivity index (χ0n) is 11.1. The first kappa shape index (κ1) is 14.8. The van der Waals surface area contributed by atoms with Gasteiger partial charge in [0.1, 0.15) is 5.82 Å². The van der Waals surface area contributed by atoms with Gasteiger partial charge in [0.05, 0.1) is 0 Å². The SMILES string of the molecule is CCCc1nc(C2CCCC(F)(F)C2)ncc1CBr. The molecule has 0 spiro atoms. The average Bonchev–Trinajstić information content (AvgIpc) is 2.38. The summed E-state index contributed by atoms with van der Waals surface area (Å²) < 4.78 is 26.9. The molecule has 5 heteroatoms. The lowest BCUT2D eigenvalue weighted by molar-refractivity contribution is -0.0417. The van der Waals surface area contributed by atoms with E-state index < -0.39 is 5.92 Å². The second-order valence-corrected chi connectivity index (χ2v) is 5.79. The molecule has 0 bridgehead atoms. The first-order chi connectivity index (χ1) is 9.05. The molecule has 1 aliphatic rings. The number of hydrogen-bond donors (Lipinski definition) is 0. The lowest BCUT2D eigenvalue weighted by atomic mass is 9.86. The smallest absolute Gasteiger partial charge is 0.241 e. The molecule has 1 saturated carbocycles. The van der Waals surface area contributed by atoms with E-state index in [1.165, 1.54) is 0 Å². The molecule has 1 aliphatic carbocycles. The largest absolute Gasteiger partial charge is 0.248 e. The predicted molar refractivity (Wildman–Crippen MR) is 74.8 cm³/mol. The Kier molecular flexibility index (Phi) is 4.87. The van der Waals surface area contributed by atoms with E-state index in [1.807, 2.05) is 0 Å². The van der Waals surface area contributed by atoms with Crippen LogP contribution in [0.1, 0.15) is 62.0 Å². The maximum atomic E-state index is 13.5. The van der Waals surface area contributed by atoms with Gasteiger partial charge in [-0.05, 0) is 19.3 Å². The third kappa shape index (κ3) is 3.71. The van der Waals surface area contributed by atoms with Crippen LogP contribution in [0.15, 0.2) is 6.20 Å². The lowest BCUT2D eigenvalue weighted by Gasteiger charge is -2.28. The molecule has 0 radical (unpaired) electrons. The van der Waals surface area contributed by atoms with Gasteiger partial charge in [-0.25, -0.2) is 18.7 Å². The highest BCUT2D eigenvalue weighted by Gasteiger charge is 2.37. The van der Waals surface area contributed by atoms with Crippen molar-refractivity contribution in [2.45, 2.75) is 62.6 Å². The molecule has 0 saturated heterocycles. The van der Waals surface area contributed by atoms with Gasteiger partial charge in [-0.15, -0.1) is 0 Å². The third-order valence-electron chi connectivity index (χ3n) is 3.61. The number of alkyl halides is 3. The summed E-state index contributed by atoms with van der Waals surface area (Å²) in [7, 11) is 0. The van der Waals surface area contributed by atoms with Gasteiger partial charge in [0.25, 0.3) is 0 Å². The number of halogens is 3.